The second-order valence-electron chi connectivity index (χ2n) is 3.26. The SMILES string of the molecule is CCCC/C=C/C(=O)[C@H](C)CC. The summed E-state index contributed by atoms with van der Waals surface area (Å²) in [6.07, 6.45) is 8.10. The van der Waals surface area contributed by atoms with E-state index in [2.05, 4.69) is 6.92 Å². The summed E-state index contributed by atoms with van der Waals surface area (Å²) in [4.78, 5) is 11.3. The van der Waals surface area contributed by atoms with Gasteiger partial charge in [0.2, 0.25) is 0 Å². The number of rotatable bonds is 6. The van der Waals surface area contributed by atoms with Crippen molar-refractivity contribution in [3.05, 3.63) is 12.2 Å². The number of hydrogen-bond acceptors (Lipinski definition) is 1. The molecule has 0 N–H and O–H groups in total. The minimum Gasteiger partial charge on any atom is -0.295 e. The van der Waals surface area contributed by atoms with Crippen LogP contribution in [0.5, 0.6) is 0 Å². The van der Waals surface area contributed by atoms with Gasteiger partial charge in [-0.05, 0) is 18.9 Å². The average molecular weight is 168 g/mol. The third-order valence-electron chi connectivity index (χ3n) is 2.10. The Morgan fingerprint density at radius 2 is 2.08 bits per heavy atom. The van der Waals surface area contributed by atoms with Crippen LogP contribution in [0.25, 0.3) is 0 Å². The van der Waals surface area contributed by atoms with Gasteiger partial charge in [-0.3, -0.25) is 4.79 Å². The number of carbonyl (C=O) groups excluding carboxylic acids is 1. The Hall–Kier alpha value is -0.590. The Kier molecular flexibility index (Phi) is 6.73. The molecule has 0 radical (unpaired) electrons. The molecular weight excluding hydrogens is 148 g/mol. The molecular formula is C11H20O. The first-order chi connectivity index (χ1) is 5.72. The van der Waals surface area contributed by atoms with Crippen molar-refractivity contribution in [2.24, 2.45) is 5.92 Å². The first-order valence-electron chi connectivity index (χ1n) is 4.92. The number of allylic oxidation sites excluding steroid dienone is 2. The summed E-state index contributed by atoms with van der Waals surface area (Å²) in [6, 6.07) is 0. The van der Waals surface area contributed by atoms with E-state index >= 15 is 0 Å². The Labute approximate surface area is 75.9 Å². The van der Waals surface area contributed by atoms with Crippen molar-refractivity contribution in [2.75, 3.05) is 0 Å². The summed E-state index contributed by atoms with van der Waals surface area (Å²) in [7, 11) is 0. The summed E-state index contributed by atoms with van der Waals surface area (Å²) in [5, 5.41) is 0. The summed E-state index contributed by atoms with van der Waals surface area (Å²) < 4.78 is 0. The molecule has 0 rings (SSSR count). The van der Waals surface area contributed by atoms with Crippen molar-refractivity contribution in [1.82, 2.24) is 0 Å². The van der Waals surface area contributed by atoms with Crippen molar-refractivity contribution in [2.45, 2.75) is 46.5 Å². The van der Waals surface area contributed by atoms with E-state index in [0.29, 0.717) is 0 Å². The molecule has 0 aromatic rings. The van der Waals surface area contributed by atoms with Crippen LogP contribution in [-0.2, 0) is 4.79 Å². The van der Waals surface area contributed by atoms with E-state index in [1.807, 2.05) is 19.9 Å². The molecule has 1 nitrogen and oxygen atoms in total. The zero-order valence-electron chi connectivity index (χ0n) is 8.47. The highest BCUT2D eigenvalue weighted by atomic mass is 16.1. The molecule has 70 valence electrons. The molecule has 0 saturated carbocycles. The van der Waals surface area contributed by atoms with Crippen LogP contribution in [0.2, 0.25) is 0 Å². The zero-order valence-corrected chi connectivity index (χ0v) is 8.47. The molecule has 0 aromatic carbocycles. The van der Waals surface area contributed by atoms with E-state index in [1.165, 1.54) is 12.8 Å². The minimum absolute atomic E-state index is 0.197. The van der Waals surface area contributed by atoms with Crippen LogP contribution < -0.4 is 0 Å². The Balaban J connectivity index is 3.60. The summed E-state index contributed by atoms with van der Waals surface area (Å²) in [6.45, 7) is 6.18. The lowest BCUT2D eigenvalue weighted by Crippen LogP contribution is -2.05. The lowest BCUT2D eigenvalue weighted by molar-refractivity contribution is -0.117. The number of carbonyl (C=O) groups is 1. The maximum Gasteiger partial charge on any atom is 0.158 e. The third kappa shape index (κ3) is 5.11. The molecule has 1 heteroatoms. The van der Waals surface area contributed by atoms with Gasteiger partial charge in [0.05, 0.1) is 0 Å². The maximum atomic E-state index is 11.3. The molecule has 0 fully saturated rings. The van der Waals surface area contributed by atoms with E-state index in [0.717, 1.165) is 12.8 Å². The first kappa shape index (κ1) is 11.4. The van der Waals surface area contributed by atoms with E-state index in [4.69, 9.17) is 0 Å². The summed E-state index contributed by atoms with van der Waals surface area (Å²) in [5.41, 5.74) is 0. The zero-order chi connectivity index (χ0) is 9.40. The first-order valence-corrected chi connectivity index (χ1v) is 4.92. The monoisotopic (exact) mass is 168 g/mol. The highest BCUT2D eigenvalue weighted by molar-refractivity contribution is 5.91. The highest BCUT2D eigenvalue weighted by Gasteiger charge is 2.04. The van der Waals surface area contributed by atoms with Crippen LogP contribution >= 0.6 is 0 Å². The topological polar surface area (TPSA) is 17.1 Å². The van der Waals surface area contributed by atoms with Crippen LogP contribution in [0.15, 0.2) is 12.2 Å². The fraction of sp³-hybridized carbons (Fsp3) is 0.727. The highest BCUT2D eigenvalue weighted by Crippen LogP contribution is 2.04. The smallest absolute Gasteiger partial charge is 0.158 e. The van der Waals surface area contributed by atoms with Gasteiger partial charge >= 0.3 is 0 Å². The quantitative estimate of drug-likeness (QED) is 0.439. The molecule has 0 amide bonds. The van der Waals surface area contributed by atoms with Crippen LogP contribution in [0.4, 0.5) is 0 Å². The largest absolute Gasteiger partial charge is 0.295 e. The molecule has 0 saturated heterocycles. The van der Waals surface area contributed by atoms with Gasteiger partial charge < -0.3 is 0 Å². The van der Waals surface area contributed by atoms with Gasteiger partial charge in [0.1, 0.15) is 0 Å². The Morgan fingerprint density at radius 1 is 1.42 bits per heavy atom. The minimum atomic E-state index is 0.197. The van der Waals surface area contributed by atoms with Gasteiger partial charge in [0.25, 0.3) is 0 Å². The van der Waals surface area contributed by atoms with Crippen LogP contribution in [0.1, 0.15) is 46.5 Å². The standard InChI is InChI=1S/C11H20O/c1-4-6-7-8-9-11(12)10(3)5-2/h8-10H,4-7H2,1-3H3/b9-8+/t10-/m1/s1. The molecule has 0 bridgehead atoms. The maximum absolute atomic E-state index is 11.3. The van der Waals surface area contributed by atoms with Crippen LogP contribution in [0.3, 0.4) is 0 Å². The van der Waals surface area contributed by atoms with Gasteiger partial charge in [-0.25, -0.2) is 0 Å². The van der Waals surface area contributed by atoms with E-state index < -0.39 is 0 Å². The molecule has 0 aromatic heterocycles. The number of ketones is 1. The van der Waals surface area contributed by atoms with Gasteiger partial charge in [0.15, 0.2) is 5.78 Å². The molecule has 0 aliphatic carbocycles. The van der Waals surface area contributed by atoms with Gasteiger partial charge in [-0.1, -0.05) is 39.7 Å². The average Bonchev–Trinajstić information content (AvgIpc) is 2.10. The van der Waals surface area contributed by atoms with Crippen LogP contribution in [-0.4, -0.2) is 5.78 Å². The van der Waals surface area contributed by atoms with E-state index in [1.54, 1.807) is 6.08 Å². The normalized spacial score (nSPS) is 13.6. The van der Waals surface area contributed by atoms with Crippen molar-refractivity contribution in [1.29, 1.82) is 0 Å². The van der Waals surface area contributed by atoms with Gasteiger partial charge in [0, 0.05) is 5.92 Å². The van der Waals surface area contributed by atoms with E-state index in [-0.39, 0.29) is 11.7 Å². The van der Waals surface area contributed by atoms with Crippen molar-refractivity contribution in [3.8, 4) is 0 Å². The fourth-order valence-corrected chi connectivity index (χ4v) is 0.887. The lowest BCUT2D eigenvalue weighted by atomic mass is 10.0. The van der Waals surface area contributed by atoms with Crippen molar-refractivity contribution in [3.63, 3.8) is 0 Å². The molecule has 12 heavy (non-hydrogen) atoms. The Morgan fingerprint density at radius 3 is 2.58 bits per heavy atom. The predicted molar refractivity (Wildman–Crippen MR) is 53.1 cm³/mol. The second-order valence-corrected chi connectivity index (χ2v) is 3.26. The molecule has 1 atom stereocenters. The second kappa shape index (κ2) is 7.08. The Bertz CT molecular complexity index is 147. The number of unbranched alkanes of at least 4 members (excludes halogenated alkanes) is 2. The predicted octanol–water partition coefficient (Wildman–Crippen LogP) is 3.35. The molecule has 0 spiro atoms. The summed E-state index contributed by atoms with van der Waals surface area (Å²) in [5.74, 6) is 0.469. The van der Waals surface area contributed by atoms with E-state index in [9.17, 15) is 4.79 Å². The lowest BCUT2D eigenvalue weighted by Gasteiger charge is -2.01. The molecule has 0 heterocycles. The molecule has 0 aliphatic heterocycles. The summed E-state index contributed by atoms with van der Waals surface area (Å²) >= 11 is 0. The van der Waals surface area contributed by atoms with Gasteiger partial charge in [-0.15, -0.1) is 0 Å². The fourth-order valence-electron chi connectivity index (χ4n) is 0.887. The van der Waals surface area contributed by atoms with Crippen LogP contribution in [0, 0.1) is 5.92 Å². The molecule has 0 aliphatic rings. The third-order valence-corrected chi connectivity index (χ3v) is 2.10. The number of hydrogen-bond donors (Lipinski definition) is 0. The van der Waals surface area contributed by atoms with Crippen molar-refractivity contribution < 1.29 is 4.79 Å². The van der Waals surface area contributed by atoms with Gasteiger partial charge in [-0.2, -0.15) is 0 Å². The van der Waals surface area contributed by atoms with Crippen molar-refractivity contribution >= 4 is 5.78 Å². The molecule has 0 unspecified atom stereocenters.